The number of carbonyl (C=O) groups is 1. The lowest BCUT2D eigenvalue weighted by Crippen LogP contribution is -2.32. The molecule has 2 aromatic rings. The number of aromatic nitrogens is 1. The molecule has 1 aromatic heterocycles. The van der Waals surface area contributed by atoms with Crippen LogP contribution in [0.15, 0.2) is 42.7 Å². The normalized spacial score (nSPS) is 12.2. The highest BCUT2D eigenvalue weighted by Crippen LogP contribution is 2.29. The molecule has 0 spiro atoms. The fourth-order valence-corrected chi connectivity index (χ4v) is 2.40. The summed E-state index contributed by atoms with van der Waals surface area (Å²) in [5, 5.41) is 3.54. The number of carbonyl (C=O) groups excluding carboxylic acids is 1. The Bertz CT molecular complexity index is 649. The Balaban J connectivity index is 1.98. The summed E-state index contributed by atoms with van der Waals surface area (Å²) in [7, 11) is 1.89. The van der Waals surface area contributed by atoms with Crippen LogP contribution in [-0.2, 0) is 4.79 Å². The summed E-state index contributed by atoms with van der Waals surface area (Å²) in [5.74, 6) is -0.146. The van der Waals surface area contributed by atoms with Gasteiger partial charge >= 0.3 is 0 Å². The van der Waals surface area contributed by atoms with Gasteiger partial charge in [-0.3, -0.25) is 14.7 Å². The highest BCUT2D eigenvalue weighted by atomic mass is 35.5. The molecule has 2 rings (SSSR count). The summed E-state index contributed by atoms with van der Waals surface area (Å²) in [4.78, 5) is 18.1. The molecule has 1 amide bonds. The lowest BCUT2D eigenvalue weighted by atomic mass is 10.1. The maximum atomic E-state index is 12.2. The first-order chi connectivity index (χ1) is 10.5. The molecule has 0 saturated heterocycles. The number of rotatable bonds is 5. The average Bonchev–Trinajstić information content (AvgIpc) is 2.52. The van der Waals surface area contributed by atoms with E-state index in [-0.39, 0.29) is 18.5 Å². The second-order valence-electron chi connectivity index (χ2n) is 5.02. The third-order valence-corrected chi connectivity index (χ3v) is 4.29. The van der Waals surface area contributed by atoms with Crippen LogP contribution in [0.2, 0.25) is 10.0 Å². The second-order valence-corrected chi connectivity index (χ2v) is 5.81. The van der Waals surface area contributed by atoms with Gasteiger partial charge in [0, 0.05) is 18.4 Å². The molecular formula is C16H17Cl2N3O. The Labute approximate surface area is 140 Å². The summed E-state index contributed by atoms with van der Waals surface area (Å²) < 4.78 is 0. The molecule has 1 aromatic carbocycles. The summed E-state index contributed by atoms with van der Waals surface area (Å²) in [6.45, 7) is 2.28. The van der Waals surface area contributed by atoms with Gasteiger partial charge in [-0.05, 0) is 43.8 Å². The molecule has 4 nitrogen and oxygen atoms in total. The van der Waals surface area contributed by atoms with Gasteiger partial charge in [-0.1, -0.05) is 29.3 Å². The standard InChI is InChI=1S/C16H17Cl2N3O/c1-11(12-6-8-19-9-7-12)21(2)10-15(22)20-14-5-3-4-13(17)16(14)18/h3-9,11H,10H2,1-2H3,(H,20,22)/t11-/m1/s1. The molecule has 0 aliphatic heterocycles. The Morgan fingerprint density at radius 2 is 1.95 bits per heavy atom. The van der Waals surface area contributed by atoms with Gasteiger partial charge in [0.15, 0.2) is 0 Å². The third kappa shape index (κ3) is 4.19. The van der Waals surface area contributed by atoms with Crippen LogP contribution < -0.4 is 5.32 Å². The smallest absolute Gasteiger partial charge is 0.238 e. The van der Waals surface area contributed by atoms with Crippen LogP contribution in [0.1, 0.15) is 18.5 Å². The van der Waals surface area contributed by atoms with Crippen molar-refractivity contribution in [3.63, 3.8) is 0 Å². The molecule has 0 aliphatic carbocycles. The van der Waals surface area contributed by atoms with E-state index in [0.717, 1.165) is 5.56 Å². The van der Waals surface area contributed by atoms with Crippen molar-refractivity contribution >= 4 is 34.8 Å². The minimum Gasteiger partial charge on any atom is -0.324 e. The van der Waals surface area contributed by atoms with Crippen molar-refractivity contribution in [2.24, 2.45) is 0 Å². The van der Waals surface area contributed by atoms with E-state index in [1.54, 1.807) is 30.6 Å². The van der Waals surface area contributed by atoms with Crippen LogP contribution in [0.4, 0.5) is 5.69 Å². The lowest BCUT2D eigenvalue weighted by molar-refractivity contribution is -0.117. The summed E-state index contributed by atoms with van der Waals surface area (Å²) in [5.41, 5.74) is 1.62. The fraction of sp³-hybridized carbons (Fsp3) is 0.250. The predicted molar refractivity (Wildman–Crippen MR) is 90.4 cm³/mol. The quantitative estimate of drug-likeness (QED) is 0.896. The van der Waals surface area contributed by atoms with E-state index in [9.17, 15) is 4.79 Å². The molecule has 1 atom stereocenters. The topological polar surface area (TPSA) is 45.2 Å². The van der Waals surface area contributed by atoms with Gasteiger partial charge in [-0.15, -0.1) is 0 Å². The van der Waals surface area contributed by atoms with Crippen molar-refractivity contribution in [3.05, 3.63) is 58.3 Å². The molecule has 0 aliphatic rings. The van der Waals surface area contributed by atoms with E-state index in [1.807, 2.05) is 31.0 Å². The van der Waals surface area contributed by atoms with Crippen molar-refractivity contribution in [3.8, 4) is 0 Å². The number of pyridine rings is 1. The Morgan fingerprint density at radius 1 is 1.27 bits per heavy atom. The van der Waals surface area contributed by atoms with Crippen LogP contribution in [-0.4, -0.2) is 29.4 Å². The zero-order chi connectivity index (χ0) is 16.1. The van der Waals surface area contributed by atoms with Crippen molar-refractivity contribution < 1.29 is 4.79 Å². The maximum Gasteiger partial charge on any atom is 0.238 e. The first-order valence-electron chi connectivity index (χ1n) is 6.83. The summed E-state index contributed by atoms with van der Waals surface area (Å²) >= 11 is 12.0. The van der Waals surface area contributed by atoms with E-state index in [2.05, 4.69) is 10.3 Å². The van der Waals surface area contributed by atoms with Crippen LogP contribution >= 0.6 is 23.2 Å². The first-order valence-corrected chi connectivity index (χ1v) is 7.58. The zero-order valence-corrected chi connectivity index (χ0v) is 13.9. The number of likely N-dealkylation sites (N-methyl/N-ethyl adjacent to an activating group) is 1. The second kappa shape index (κ2) is 7.58. The molecule has 1 heterocycles. The largest absolute Gasteiger partial charge is 0.324 e. The SMILES string of the molecule is C[C@H](c1ccncc1)N(C)CC(=O)Nc1cccc(Cl)c1Cl. The van der Waals surface area contributed by atoms with Crippen LogP contribution in [0.3, 0.4) is 0 Å². The van der Waals surface area contributed by atoms with Gasteiger partial charge in [-0.2, -0.15) is 0 Å². The molecule has 0 unspecified atom stereocenters. The monoisotopic (exact) mass is 337 g/mol. The van der Waals surface area contributed by atoms with Crippen LogP contribution in [0.5, 0.6) is 0 Å². The molecule has 1 N–H and O–H groups in total. The van der Waals surface area contributed by atoms with E-state index in [4.69, 9.17) is 23.2 Å². The number of halogens is 2. The zero-order valence-electron chi connectivity index (χ0n) is 12.4. The molecular weight excluding hydrogens is 321 g/mol. The Morgan fingerprint density at radius 3 is 2.64 bits per heavy atom. The summed E-state index contributed by atoms with van der Waals surface area (Å²) in [6.07, 6.45) is 3.48. The Kier molecular flexibility index (Phi) is 5.77. The highest BCUT2D eigenvalue weighted by molar-refractivity contribution is 6.43. The molecule has 0 saturated carbocycles. The van der Waals surface area contributed by atoms with Crippen molar-refractivity contribution in [2.75, 3.05) is 18.9 Å². The number of benzene rings is 1. The van der Waals surface area contributed by atoms with E-state index >= 15 is 0 Å². The minimum atomic E-state index is -0.146. The van der Waals surface area contributed by atoms with E-state index in [1.165, 1.54) is 0 Å². The maximum absolute atomic E-state index is 12.2. The van der Waals surface area contributed by atoms with Crippen molar-refractivity contribution in [1.29, 1.82) is 0 Å². The van der Waals surface area contributed by atoms with E-state index < -0.39 is 0 Å². The van der Waals surface area contributed by atoms with Crippen molar-refractivity contribution in [1.82, 2.24) is 9.88 Å². The summed E-state index contributed by atoms with van der Waals surface area (Å²) in [6, 6.07) is 9.12. The molecule has 6 heteroatoms. The van der Waals surface area contributed by atoms with E-state index in [0.29, 0.717) is 15.7 Å². The number of nitrogens with one attached hydrogen (secondary N) is 1. The van der Waals surface area contributed by atoms with Gasteiger partial charge < -0.3 is 5.32 Å². The lowest BCUT2D eigenvalue weighted by Gasteiger charge is -2.24. The molecule has 22 heavy (non-hydrogen) atoms. The minimum absolute atomic E-state index is 0.101. The predicted octanol–water partition coefficient (Wildman–Crippen LogP) is 4.02. The Hall–Kier alpha value is -1.62. The highest BCUT2D eigenvalue weighted by Gasteiger charge is 2.16. The van der Waals surface area contributed by atoms with Crippen molar-refractivity contribution in [2.45, 2.75) is 13.0 Å². The van der Waals surface area contributed by atoms with Crippen LogP contribution in [0, 0.1) is 0 Å². The molecule has 0 bridgehead atoms. The molecule has 0 radical (unpaired) electrons. The third-order valence-electron chi connectivity index (χ3n) is 3.47. The van der Waals surface area contributed by atoms with Gasteiger partial charge in [0.25, 0.3) is 0 Å². The fourth-order valence-electron chi connectivity index (χ4n) is 2.05. The molecule has 116 valence electrons. The number of hydrogen-bond acceptors (Lipinski definition) is 3. The number of amides is 1. The molecule has 0 fully saturated rings. The van der Waals surface area contributed by atoms with Gasteiger partial charge in [-0.25, -0.2) is 0 Å². The van der Waals surface area contributed by atoms with Gasteiger partial charge in [0.2, 0.25) is 5.91 Å². The number of hydrogen-bond donors (Lipinski definition) is 1. The average molecular weight is 338 g/mol. The van der Waals surface area contributed by atoms with Crippen LogP contribution in [0.25, 0.3) is 0 Å². The van der Waals surface area contributed by atoms with Gasteiger partial charge in [0.05, 0.1) is 22.3 Å². The first kappa shape index (κ1) is 16.7. The van der Waals surface area contributed by atoms with Gasteiger partial charge in [0.1, 0.15) is 0 Å². The number of nitrogens with zero attached hydrogens (tertiary/aromatic N) is 2. The number of anilines is 1.